The van der Waals surface area contributed by atoms with Crippen LogP contribution in [-0.2, 0) is 20.8 Å². The van der Waals surface area contributed by atoms with Gasteiger partial charge in [0.2, 0.25) is 0 Å². The molecule has 0 atom stereocenters. The molecule has 0 amide bonds. The number of benzene rings is 1. The van der Waals surface area contributed by atoms with Gasteiger partial charge in [-0.25, -0.2) is 9.79 Å². The number of ether oxygens (including phenoxy) is 4. The summed E-state index contributed by atoms with van der Waals surface area (Å²) >= 11 is 0. The number of carbonyl (C=O) groups excluding carboxylic acids is 1. The molecular weight excluding hydrogens is 477 g/mol. The van der Waals surface area contributed by atoms with Crippen LogP contribution in [0.25, 0.3) is 0 Å². The lowest BCUT2D eigenvalue weighted by molar-refractivity contribution is 0.0597. The van der Waals surface area contributed by atoms with Crippen LogP contribution in [-0.4, -0.2) is 66.2 Å². The second kappa shape index (κ2) is 16.4. The van der Waals surface area contributed by atoms with Crippen molar-refractivity contribution in [2.45, 2.75) is 19.9 Å². The van der Waals surface area contributed by atoms with Gasteiger partial charge in [0.05, 0.1) is 34.0 Å². The van der Waals surface area contributed by atoms with E-state index >= 15 is 0 Å². The fraction of sp³-hybridized carbons (Fsp3) is 0.579. The van der Waals surface area contributed by atoms with E-state index in [-0.39, 0.29) is 24.0 Å². The van der Waals surface area contributed by atoms with E-state index in [2.05, 4.69) is 15.6 Å². The first-order valence-corrected chi connectivity index (χ1v) is 9.00. The van der Waals surface area contributed by atoms with Crippen LogP contribution >= 0.6 is 24.0 Å². The molecule has 28 heavy (non-hydrogen) atoms. The normalized spacial score (nSPS) is 10.8. The molecule has 8 nitrogen and oxygen atoms in total. The van der Waals surface area contributed by atoms with Crippen molar-refractivity contribution in [1.82, 2.24) is 10.6 Å². The fourth-order valence-electron chi connectivity index (χ4n) is 2.26. The monoisotopic (exact) mass is 509 g/mol. The van der Waals surface area contributed by atoms with Crippen molar-refractivity contribution in [3.63, 3.8) is 0 Å². The van der Waals surface area contributed by atoms with Gasteiger partial charge in [-0.3, -0.25) is 0 Å². The summed E-state index contributed by atoms with van der Waals surface area (Å²) in [5, 5.41) is 6.46. The van der Waals surface area contributed by atoms with Crippen LogP contribution in [0.5, 0.6) is 5.75 Å². The molecule has 0 radical (unpaired) electrons. The first-order chi connectivity index (χ1) is 13.2. The van der Waals surface area contributed by atoms with Crippen LogP contribution in [0.1, 0.15) is 29.3 Å². The average Bonchev–Trinajstić information content (AvgIpc) is 2.70. The first kappa shape index (κ1) is 26.4. The topological polar surface area (TPSA) is 90.4 Å². The minimum absolute atomic E-state index is 0. The second-order valence-corrected chi connectivity index (χ2v) is 5.61. The summed E-state index contributed by atoms with van der Waals surface area (Å²) in [7, 11) is 4.52. The zero-order valence-electron chi connectivity index (χ0n) is 17.1. The third kappa shape index (κ3) is 10.1. The zero-order chi connectivity index (χ0) is 19.9. The van der Waals surface area contributed by atoms with Gasteiger partial charge in [-0.1, -0.05) is 6.07 Å². The number of methoxy groups -OCH3 is 3. The highest BCUT2D eigenvalue weighted by molar-refractivity contribution is 14.0. The number of aliphatic imine (C=N–C) groups is 1. The Labute approximate surface area is 184 Å². The van der Waals surface area contributed by atoms with Crippen LogP contribution in [0, 0.1) is 0 Å². The number of carbonyl (C=O) groups is 1. The lowest BCUT2D eigenvalue weighted by Crippen LogP contribution is -2.38. The van der Waals surface area contributed by atoms with Gasteiger partial charge in [-0.2, -0.15) is 0 Å². The first-order valence-electron chi connectivity index (χ1n) is 9.00. The van der Waals surface area contributed by atoms with Gasteiger partial charge in [0.15, 0.2) is 5.96 Å². The molecule has 9 heteroatoms. The highest BCUT2D eigenvalue weighted by Crippen LogP contribution is 2.21. The van der Waals surface area contributed by atoms with E-state index in [1.165, 1.54) is 14.2 Å². The Hall–Kier alpha value is -1.59. The van der Waals surface area contributed by atoms with E-state index < -0.39 is 5.97 Å². The van der Waals surface area contributed by atoms with Crippen molar-refractivity contribution in [1.29, 1.82) is 0 Å². The molecule has 0 aliphatic carbocycles. The summed E-state index contributed by atoms with van der Waals surface area (Å²) in [4.78, 5) is 16.4. The number of nitrogens with one attached hydrogen (secondary N) is 2. The highest BCUT2D eigenvalue weighted by atomic mass is 127. The lowest BCUT2D eigenvalue weighted by atomic mass is 10.1. The number of hydrogen-bond donors (Lipinski definition) is 2. The van der Waals surface area contributed by atoms with Gasteiger partial charge in [0.1, 0.15) is 11.3 Å². The third-order valence-corrected chi connectivity index (χ3v) is 3.62. The third-order valence-electron chi connectivity index (χ3n) is 3.62. The molecule has 0 saturated carbocycles. The van der Waals surface area contributed by atoms with Gasteiger partial charge in [0.25, 0.3) is 0 Å². The molecule has 0 unspecified atom stereocenters. The van der Waals surface area contributed by atoms with Crippen LogP contribution in [0.2, 0.25) is 0 Å². The Balaban J connectivity index is 0.00000729. The molecule has 0 saturated heterocycles. The second-order valence-electron chi connectivity index (χ2n) is 5.61. The lowest BCUT2D eigenvalue weighted by Gasteiger charge is -2.12. The van der Waals surface area contributed by atoms with Crippen LogP contribution < -0.4 is 15.4 Å². The molecule has 0 fully saturated rings. The van der Waals surface area contributed by atoms with Crippen molar-refractivity contribution in [2.24, 2.45) is 4.99 Å². The van der Waals surface area contributed by atoms with Gasteiger partial charge in [-0.05, 0) is 31.0 Å². The van der Waals surface area contributed by atoms with Gasteiger partial charge in [-0.15, -0.1) is 24.0 Å². The van der Waals surface area contributed by atoms with Crippen molar-refractivity contribution in [3.05, 3.63) is 29.3 Å². The van der Waals surface area contributed by atoms with Crippen LogP contribution in [0.4, 0.5) is 0 Å². The Morgan fingerprint density at radius 2 is 1.89 bits per heavy atom. The Morgan fingerprint density at radius 1 is 1.11 bits per heavy atom. The molecule has 0 heterocycles. The van der Waals surface area contributed by atoms with Crippen molar-refractivity contribution < 1.29 is 23.7 Å². The number of nitrogens with zero attached hydrogens (tertiary/aromatic N) is 1. The number of rotatable bonds is 12. The molecule has 0 aromatic heterocycles. The molecule has 1 rings (SSSR count). The molecule has 160 valence electrons. The Bertz CT molecular complexity index is 599. The predicted octanol–water partition coefficient (Wildman–Crippen LogP) is 2.21. The molecule has 0 spiro atoms. The number of guanidine groups is 1. The molecule has 1 aromatic carbocycles. The predicted molar refractivity (Wildman–Crippen MR) is 120 cm³/mol. The maximum Gasteiger partial charge on any atom is 0.341 e. The van der Waals surface area contributed by atoms with Crippen LogP contribution in [0.3, 0.4) is 0 Å². The van der Waals surface area contributed by atoms with Gasteiger partial charge in [0, 0.05) is 26.8 Å². The summed E-state index contributed by atoms with van der Waals surface area (Å²) in [6.07, 6.45) is 0.864. The Morgan fingerprint density at radius 3 is 2.54 bits per heavy atom. The smallest absolute Gasteiger partial charge is 0.341 e. The molecule has 0 bridgehead atoms. The SMILES string of the molecule is CCNC(=NCc1ccc(OC)c(C(=O)OC)c1)NCCCOCCOC.I. The summed E-state index contributed by atoms with van der Waals surface area (Å²) in [6, 6.07) is 5.36. The van der Waals surface area contributed by atoms with E-state index in [9.17, 15) is 4.79 Å². The zero-order valence-corrected chi connectivity index (χ0v) is 19.4. The largest absolute Gasteiger partial charge is 0.496 e. The van der Waals surface area contributed by atoms with E-state index in [0.717, 1.165) is 25.1 Å². The Kier molecular flexibility index (Phi) is 15.4. The molecule has 0 aliphatic rings. The average molecular weight is 509 g/mol. The summed E-state index contributed by atoms with van der Waals surface area (Å²) in [5.74, 6) is 0.758. The number of halogens is 1. The maximum atomic E-state index is 11.9. The van der Waals surface area contributed by atoms with Gasteiger partial charge < -0.3 is 29.6 Å². The molecular formula is C19H32IN3O5. The van der Waals surface area contributed by atoms with E-state index in [0.29, 0.717) is 43.6 Å². The van der Waals surface area contributed by atoms with Gasteiger partial charge >= 0.3 is 5.97 Å². The summed E-state index contributed by atoms with van der Waals surface area (Å²) in [5.41, 5.74) is 1.27. The molecule has 2 N–H and O–H groups in total. The minimum atomic E-state index is -0.434. The van der Waals surface area contributed by atoms with E-state index in [1.807, 2.05) is 13.0 Å². The van der Waals surface area contributed by atoms with E-state index in [4.69, 9.17) is 18.9 Å². The summed E-state index contributed by atoms with van der Waals surface area (Å²) < 4.78 is 20.4. The standard InChI is InChI=1S/C19H31N3O5.HI/c1-5-20-19(21-9-6-10-27-12-11-24-2)22-14-15-7-8-17(25-3)16(13-15)18(23)26-4;/h7-8,13H,5-6,9-12,14H2,1-4H3,(H2,20,21,22);1H. The number of esters is 1. The number of hydrogen-bond acceptors (Lipinski definition) is 6. The fourth-order valence-corrected chi connectivity index (χ4v) is 2.26. The highest BCUT2D eigenvalue weighted by Gasteiger charge is 2.13. The molecule has 1 aromatic rings. The van der Waals surface area contributed by atoms with Crippen molar-refractivity contribution in [2.75, 3.05) is 54.2 Å². The molecule has 0 aliphatic heterocycles. The summed E-state index contributed by atoms with van der Waals surface area (Å²) in [6.45, 7) is 5.80. The van der Waals surface area contributed by atoms with Crippen molar-refractivity contribution >= 4 is 35.9 Å². The maximum absolute atomic E-state index is 11.9. The quantitative estimate of drug-likeness (QED) is 0.147. The van der Waals surface area contributed by atoms with Crippen molar-refractivity contribution in [3.8, 4) is 5.75 Å². The van der Waals surface area contributed by atoms with E-state index in [1.54, 1.807) is 19.2 Å². The minimum Gasteiger partial charge on any atom is -0.496 e. The van der Waals surface area contributed by atoms with Crippen LogP contribution in [0.15, 0.2) is 23.2 Å².